The van der Waals surface area contributed by atoms with E-state index in [1.807, 2.05) is 58.0 Å². The molecule has 1 aliphatic heterocycles. The Labute approximate surface area is 239 Å². The molecule has 2 fully saturated rings. The van der Waals surface area contributed by atoms with E-state index in [9.17, 15) is 9.90 Å². The van der Waals surface area contributed by atoms with Crippen LogP contribution in [-0.4, -0.2) is 82.2 Å². The van der Waals surface area contributed by atoms with E-state index in [0.29, 0.717) is 50.4 Å². The molecule has 0 radical (unpaired) electrons. The minimum Gasteiger partial charge on any atom is -0.493 e. The highest BCUT2D eigenvalue weighted by Gasteiger charge is 2.42. The van der Waals surface area contributed by atoms with Crippen molar-refractivity contribution in [3.63, 3.8) is 0 Å². The van der Waals surface area contributed by atoms with Gasteiger partial charge in [-0.2, -0.15) is 0 Å². The van der Waals surface area contributed by atoms with Crippen molar-refractivity contribution in [1.82, 2.24) is 24.9 Å². The number of carbonyl (C=O) groups is 1. The average molecular weight is 560 g/mol. The fourth-order valence-electron chi connectivity index (χ4n) is 6.33. The number of nitrogens with zero attached hydrogens (tertiary/aromatic N) is 4. The van der Waals surface area contributed by atoms with Crippen molar-refractivity contribution >= 4 is 16.9 Å². The molecule has 216 valence electrons. The third-order valence-corrected chi connectivity index (χ3v) is 8.39. The van der Waals surface area contributed by atoms with Gasteiger partial charge in [0.1, 0.15) is 11.4 Å². The standard InChI is InChI=1S/C31H37N5O5/c1-39-20-31(38)13-6-5-9-27(31)36-21-33-28(29(36)22-7-3-2-4-8-22)30(37)35-15-14-32-19-24(35)12-16-40-25-10-11-26-23(17-25)18-34-41-26/h2-4,7-8,10-11,17-18,21,24,27,32,38H,5-6,9,12-16,19-20H2,1H3/t24-,27-,31-/m1/s1. The van der Waals surface area contributed by atoms with Gasteiger partial charge < -0.3 is 33.9 Å². The van der Waals surface area contributed by atoms with Crippen LogP contribution in [0.15, 0.2) is 65.6 Å². The molecule has 10 nitrogen and oxygen atoms in total. The summed E-state index contributed by atoms with van der Waals surface area (Å²) in [5.41, 5.74) is 1.74. The van der Waals surface area contributed by atoms with Crippen LogP contribution in [0.5, 0.6) is 5.75 Å². The highest BCUT2D eigenvalue weighted by molar-refractivity contribution is 5.98. The molecule has 6 rings (SSSR count). The van der Waals surface area contributed by atoms with Crippen LogP contribution in [-0.2, 0) is 4.74 Å². The molecule has 0 bridgehead atoms. The third kappa shape index (κ3) is 5.59. The zero-order valence-electron chi connectivity index (χ0n) is 23.4. The highest BCUT2D eigenvalue weighted by Crippen LogP contribution is 2.41. The van der Waals surface area contributed by atoms with Crippen LogP contribution < -0.4 is 10.1 Å². The molecule has 2 N–H and O–H groups in total. The molecule has 1 aliphatic carbocycles. The van der Waals surface area contributed by atoms with Gasteiger partial charge in [0.25, 0.3) is 5.91 Å². The predicted molar refractivity (Wildman–Crippen MR) is 154 cm³/mol. The average Bonchev–Trinajstić information content (AvgIpc) is 3.65. The number of nitrogens with one attached hydrogen (secondary N) is 1. The summed E-state index contributed by atoms with van der Waals surface area (Å²) in [5, 5.41) is 19.8. The Morgan fingerprint density at radius 1 is 1.22 bits per heavy atom. The summed E-state index contributed by atoms with van der Waals surface area (Å²) in [5.74, 6) is 0.634. The van der Waals surface area contributed by atoms with E-state index in [-0.39, 0.29) is 24.6 Å². The smallest absolute Gasteiger partial charge is 0.275 e. The molecule has 1 saturated heterocycles. The monoisotopic (exact) mass is 559 g/mol. The number of piperazine rings is 1. The summed E-state index contributed by atoms with van der Waals surface area (Å²) in [4.78, 5) is 20.8. The minimum absolute atomic E-state index is 0.0514. The summed E-state index contributed by atoms with van der Waals surface area (Å²) >= 11 is 0. The van der Waals surface area contributed by atoms with Crippen molar-refractivity contribution in [2.45, 2.75) is 49.8 Å². The molecule has 0 spiro atoms. The van der Waals surface area contributed by atoms with Crippen molar-refractivity contribution in [3.05, 3.63) is 66.7 Å². The largest absolute Gasteiger partial charge is 0.493 e. The van der Waals surface area contributed by atoms with Gasteiger partial charge in [-0.3, -0.25) is 4.79 Å². The van der Waals surface area contributed by atoms with Crippen LogP contribution in [0.2, 0.25) is 0 Å². The van der Waals surface area contributed by atoms with Crippen LogP contribution in [0.1, 0.15) is 48.6 Å². The molecule has 2 aromatic heterocycles. The maximum Gasteiger partial charge on any atom is 0.275 e. The maximum absolute atomic E-state index is 14.2. The maximum atomic E-state index is 14.2. The lowest BCUT2D eigenvalue weighted by Crippen LogP contribution is -2.54. The number of imidazole rings is 1. The van der Waals surface area contributed by atoms with Gasteiger partial charge in [-0.15, -0.1) is 0 Å². The van der Waals surface area contributed by atoms with Gasteiger partial charge in [-0.25, -0.2) is 4.98 Å². The Bertz CT molecular complexity index is 1470. The minimum atomic E-state index is -1.03. The second-order valence-corrected chi connectivity index (χ2v) is 11.0. The van der Waals surface area contributed by atoms with Gasteiger partial charge in [0, 0.05) is 50.2 Å². The van der Waals surface area contributed by atoms with Crippen molar-refractivity contribution < 1.29 is 23.9 Å². The Morgan fingerprint density at radius 2 is 2.10 bits per heavy atom. The highest BCUT2D eigenvalue weighted by atomic mass is 16.5. The summed E-state index contributed by atoms with van der Waals surface area (Å²) in [7, 11) is 1.62. The van der Waals surface area contributed by atoms with E-state index in [1.165, 1.54) is 0 Å². The van der Waals surface area contributed by atoms with Gasteiger partial charge in [-0.1, -0.05) is 48.3 Å². The number of hydrogen-bond donors (Lipinski definition) is 2. The lowest BCUT2D eigenvalue weighted by molar-refractivity contribution is -0.0893. The molecule has 1 amide bonds. The zero-order chi connectivity index (χ0) is 28.2. The van der Waals surface area contributed by atoms with E-state index in [1.54, 1.807) is 19.6 Å². The first-order valence-corrected chi connectivity index (χ1v) is 14.4. The Balaban J connectivity index is 1.25. The number of aromatic nitrogens is 3. The normalized spacial score (nSPS) is 23.1. The molecule has 2 aromatic carbocycles. The van der Waals surface area contributed by atoms with Gasteiger partial charge in [0.15, 0.2) is 11.3 Å². The predicted octanol–water partition coefficient (Wildman–Crippen LogP) is 4.07. The number of rotatable bonds is 9. The van der Waals surface area contributed by atoms with Crippen molar-refractivity contribution in [1.29, 1.82) is 0 Å². The second-order valence-electron chi connectivity index (χ2n) is 11.0. The summed E-state index contributed by atoms with van der Waals surface area (Å²) in [6.07, 6.45) is 7.43. The molecule has 2 aliphatic rings. The molecule has 41 heavy (non-hydrogen) atoms. The van der Waals surface area contributed by atoms with E-state index >= 15 is 0 Å². The fourth-order valence-corrected chi connectivity index (χ4v) is 6.33. The van der Waals surface area contributed by atoms with E-state index in [4.69, 9.17) is 19.0 Å². The SMILES string of the molecule is COC[C@]1(O)CCCC[C@H]1n1cnc(C(=O)N2CCNC[C@H]2CCOc2ccc3oncc3c2)c1-c1ccccc1. The second kappa shape index (κ2) is 12.0. The molecule has 1 saturated carbocycles. The molecule has 3 atom stereocenters. The molecular formula is C31H37N5O5. The Hall–Kier alpha value is -3.73. The Kier molecular flexibility index (Phi) is 8.04. The van der Waals surface area contributed by atoms with Gasteiger partial charge in [0.05, 0.1) is 37.5 Å². The summed E-state index contributed by atoms with van der Waals surface area (Å²) < 4.78 is 18.7. The number of hydrogen-bond acceptors (Lipinski definition) is 8. The van der Waals surface area contributed by atoms with Crippen LogP contribution in [0.25, 0.3) is 22.2 Å². The molecule has 10 heteroatoms. The van der Waals surface area contributed by atoms with Crippen LogP contribution >= 0.6 is 0 Å². The number of ether oxygens (including phenoxy) is 2. The first kappa shape index (κ1) is 27.4. The summed E-state index contributed by atoms with van der Waals surface area (Å²) in [6, 6.07) is 15.2. The first-order chi connectivity index (χ1) is 20.1. The molecular weight excluding hydrogens is 522 g/mol. The van der Waals surface area contributed by atoms with Gasteiger partial charge in [-0.05, 0) is 31.0 Å². The van der Waals surface area contributed by atoms with Crippen LogP contribution in [0.4, 0.5) is 0 Å². The first-order valence-electron chi connectivity index (χ1n) is 14.4. The number of benzene rings is 2. The summed E-state index contributed by atoms with van der Waals surface area (Å²) in [6.45, 7) is 2.66. The zero-order valence-corrected chi connectivity index (χ0v) is 23.4. The molecule has 3 heterocycles. The number of amides is 1. The Morgan fingerprint density at radius 3 is 2.95 bits per heavy atom. The van der Waals surface area contributed by atoms with Gasteiger partial charge >= 0.3 is 0 Å². The van der Waals surface area contributed by atoms with Gasteiger partial charge in [0.2, 0.25) is 0 Å². The number of carbonyl (C=O) groups excluding carboxylic acids is 1. The van der Waals surface area contributed by atoms with Crippen molar-refractivity contribution in [3.8, 4) is 17.0 Å². The molecule has 0 unspecified atom stereocenters. The number of fused-ring (bicyclic) bond motifs is 1. The lowest BCUT2D eigenvalue weighted by atomic mass is 9.80. The third-order valence-electron chi connectivity index (χ3n) is 8.39. The topological polar surface area (TPSA) is 115 Å². The van der Waals surface area contributed by atoms with Crippen LogP contribution in [0.3, 0.4) is 0 Å². The number of aliphatic hydroxyl groups is 1. The van der Waals surface area contributed by atoms with Crippen LogP contribution in [0, 0.1) is 0 Å². The van der Waals surface area contributed by atoms with E-state index < -0.39 is 5.60 Å². The van der Waals surface area contributed by atoms with Crippen molar-refractivity contribution in [2.24, 2.45) is 0 Å². The van der Waals surface area contributed by atoms with E-state index in [2.05, 4.69) is 10.5 Å². The number of methoxy groups -OCH3 is 1. The quantitative estimate of drug-likeness (QED) is 0.316. The van der Waals surface area contributed by atoms with E-state index in [0.717, 1.165) is 41.7 Å². The molecule has 4 aromatic rings. The fraction of sp³-hybridized carbons (Fsp3) is 0.452. The van der Waals surface area contributed by atoms with Crippen molar-refractivity contribution in [2.75, 3.05) is 40.0 Å². The lowest BCUT2D eigenvalue weighted by Gasteiger charge is -2.41.